The van der Waals surface area contributed by atoms with Crippen molar-refractivity contribution in [1.82, 2.24) is 0 Å². The second-order valence-electron chi connectivity index (χ2n) is 3.75. The van der Waals surface area contributed by atoms with E-state index >= 15 is 0 Å². The number of hydrogen-bond donors (Lipinski definition) is 0. The molecule has 0 heterocycles. The lowest BCUT2D eigenvalue weighted by molar-refractivity contribution is -0.111. The smallest absolute Gasteiger partial charge is 0.181 e. The summed E-state index contributed by atoms with van der Waals surface area (Å²) in [5.41, 5.74) is 1.96. The van der Waals surface area contributed by atoms with Crippen molar-refractivity contribution >= 4 is 11.9 Å². The van der Waals surface area contributed by atoms with Crippen LogP contribution in [0.15, 0.2) is 60.2 Å². The van der Waals surface area contributed by atoms with Crippen LogP contribution >= 0.6 is 0 Å². The standard InChI is InChI=1S/C15H14O/c16-15(14-9-5-2-6-10-14)12-11-13-7-3-1-4-8-13/h1-5,7-8,10-12H,6,9H2. The molecule has 0 saturated carbocycles. The van der Waals surface area contributed by atoms with Gasteiger partial charge in [0.15, 0.2) is 5.78 Å². The maximum atomic E-state index is 11.8. The monoisotopic (exact) mass is 210 g/mol. The van der Waals surface area contributed by atoms with Gasteiger partial charge in [-0.1, -0.05) is 54.6 Å². The lowest BCUT2D eigenvalue weighted by Crippen LogP contribution is -1.99. The Balaban J connectivity index is 2.02. The average molecular weight is 210 g/mol. The highest BCUT2D eigenvalue weighted by molar-refractivity contribution is 6.06. The van der Waals surface area contributed by atoms with Crippen LogP contribution in [0.3, 0.4) is 0 Å². The summed E-state index contributed by atoms with van der Waals surface area (Å²) in [6.45, 7) is 0. The van der Waals surface area contributed by atoms with Gasteiger partial charge in [-0.15, -0.1) is 0 Å². The molecule has 0 unspecified atom stereocenters. The molecule has 16 heavy (non-hydrogen) atoms. The van der Waals surface area contributed by atoms with Crippen molar-refractivity contribution in [3.05, 3.63) is 65.8 Å². The molecule has 1 heteroatoms. The first-order valence-corrected chi connectivity index (χ1v) is 5.48. The van der Waals surface area contributed by atoms with Gasteiger partial charge in [0.05, 0.1) is 0 Å². The van der Waals surface area contributed by atoms with Crippen LogP contribution in [0.5, 0.6) is 0 Å². The predicted octanol–water partition coefficient (Wildman–Crippen LogP) is 3.55. The van der Waals surface area contributed by atoms with E-state index in [1.54, 1.807) is 6.08 Å². The quantitative estimate of drug-likeness (QED) is 0.551. The molecule has 0 saturated heterocycles. The zero-order chi connectivity index (χ0) is 11.2. The lowest BCUT2D eigenvalue weighted by Gasteiger charge is -2.03. The molecule has 0 spiro atoms. The highest BCUT2D eigenvalue weighted by atomic mass is 16.1. The molecule has 1 aromatic rings. The second kappa shape index (κ2) is 5.26. The van der Waals surface area contributed by atoms with Gasteiger partial charge in [-0.2, -0.15) is 0 Å². The maximum Gasteiger partial charge on any atom is 0.181 e. The van der Waals surface area contributed by atoms with E-state index in [2.05, 4.69) is 6.08 Å². The summed E-state index contributed by atoms with van der Waals surface area (Å²) in [6.07, 6.45) is 11.3. The Morgan fingerprint density at radius 1 is 1.12 bits per heavy atom. The zero-order valence-corrected chi connectivity index (χ0v) is 9.10. The number of allylic oxidation sites excluding steroid dienone is 5. The SMILES string of the molecule is O=C(C=Cc1ccccc1)C1=CCC=CC1. The van der Waals surface area contributed by atoms with E-state index < -0.39 is 0 Å². The van der Waals surface area contributed by atoms with Crippen LogP contribution in [0.25, 0.3) is 6.08 Å². The Labute approximate surface area is 95.8 Å². The molecule has 1 nitrogen and oxygen atoms in total. The molecule has 0 N–H and O–H groups in total. The van der Waals surface area contributed by atoms with Crippen molar-refractivity contribution < 1.29 is 4.79 Å². The molecule has 1 aromatic carbocycles. The molecule has 1 aliphatic carbocycles. The van der Waals surface area contributed by atoms with Gasteiger partial charge in [-0.25, -0.2) is 0 Å². The van der Waals surface area contributed by atoms with E-state index in [1.165, 1.54) is 0 Å². The fraction of sp³-hybridized carbons (Fsp3) is 0.133. The fourth-order valence-electron chi connectivity index (χ4n) is 1.64. The van der Waals surface area contributed by atoms with Crippen LogP contribution in [0.2, 0.25) is 0 Å². The second-order valence-corrected chi connectivity index (χ2v) is 3.75. The minimum atomic E-state index is 0.119. The van der Waals surface area contributed by atoms with Crippen molar-refractivity contribution in [2.75, 3.05) is 0 Å². The van der Waals surface area contributed by atoms with E-state index in [9.17, 15) is 4.79 Å². The zero-order valence-electron chi connectivity index (χ0n) is 9.10. The Bertz CT molecular complexity index is 450. The molecule has 0 fully saturated rings. The van der Waals surface area contributed by atoms with Gasteiger partial charge in [-0.05, 0) is 30.1 Å². The number of carbonyl (C=O) groups excluding carboxylic acids is 1. The third-order valence-electron chi connectivity index (χ3n) is 2.55. The van der Waals surface area contributed by atoms with Crippen molar-refractivity contribution in [1.29, 1.82) is 0 Å². The summed E-state index contributed by atoms with van der Waals surface area (Å²) in [6, 6.07) is 9.87. The van der Waals surface area contributed by atoms with Gasteiger partial charge in [0.1, 0.15) is 0 Å². The van der Waals surface area contributed by atoms with Gasteiger partial charge >= 0.3 is 0 Å². The van der Waals surface area contributed by atoms with Crippen LogP contribution in [-0.2, 0) is 4.79 Å². The Kier molecular flexibility index (Phi) is 3.50. The largest absolute Gasteiger partial charge is 0.290 e. The van der Waals surface area contributed by atoms with Crippen molar-refractivity contribution in [2.24, 2.45) is 0 Å². The van der Waals surface area contributed by atoms with Crippen LogP contribution in [0.1, 0.15) is 18.4 Å². The number of rotatable bonds is 3. The van der Waals surface area contributed by atoms with Gasteiger partial charge in [0.25, 0.3) is 0 Å². The normalized spacial score (nSPS) is 15.1. The van der Waals surface area contributed by atoms with Crippen LogP contribution in [0.4, 0.5) is 0 Å². The molecule has 0 atom stereocenters. The minimum Gasteiger partial charge on any atom is -0.290 e. The van der Waals surface area contributed by atoms with E-state index in [4.69, 9.17) is 0 Å². The molecule has 80 valence electrons. The Morgan fingerprint density at radius 3 is 2.62 bits per heavy atom. The summed E-state index contributed by atoms with van der Waals surface area (Å²) in [7, 11) is 0. The van der Waals surface area contributed by atoms with Gasteiger partial charge in [0, 0.05) is 0 Å². The maximum absolute atomic E-state index is 11.8. The van der Waals surface area contributed by atoms with E-state index in [-0.39, 0.29) is 5.78 Å². The average Bonchev–Trinajstić information content (AvgIpc) is 2.38. The Morgan fingerprint density at radius 2 is 1.94 bits per heavy atom. The van der Waals surface area contributed by atoms with Crippen molar-refractivity contribution in [2.45, 2.75) is 12.8 Å². The molecule has 2 rings (SSSR count). The molecular weight excluding hydrogens is 196 g/mol. The van der Waals surface area contributed by atoms with E-state index in [1.807, 2.05) is 48.6 Å². The third-order valence-corrected chi connectivity index (χ3v) is 2.55. The summed E-state index contributed by atoms with van der Waals surface area (Å²) in [4.78, 5) is 11.8. The van der Waals surface area contributed by atoms with Crippen LogP contribution in [-0.4, -0.2) is 5.78 Å². The number of hydrogen-bond acceptors (Lipinski definition) is 1. The highest BCUT2D eigenvalue weighted by Crippen LogP contribution is 2.13. The number of carbonyl (C=O) groups is 1. The highest BCUT2D eigenvalue weighted by Gasteiger charge is 2.05. The Hall–Kier alpha value is -1.89. The van der Waals surface area contributed by atoms with Gasteiger partial charge in [0.2, 0.25) is 0 Å². The summed E-state index contributed by atoms with van der Waals surface area (Å²) in [5, 5.41) is 0. The molecule has 1 aliphatic rings. The summed E-state index contributed by atoms with van der Waals surface area (Å²) in [5.74, 6) is 0.119. The topological polar surface area (TPSA) is 17.1 Å². The summed E-state index contributed by atoms with van der Waals surface area (Å²) >= 11 is 0. The number of ketones is 1. The molecule has 0 amide bonds. The molecular formula is C15H14O. The molecule has 0 radical (unpaired) electrons. The first-order valence-electron chi connectivity index (χ1n) is 5.48. The lowest BCUT2D eigenvalue weighted by atomic mass is 10.0. The minimum absolute atomic E-state index is 0.119. The predicted molar refractivity (Wildman–Crippen MR) is 66.9 cm³/mol. The molecule has 0 aromatic heterocycles. The first kappa shape index (κ1) is 10.6. The third kappa shape index (κ3) is 2.80. The molecule has 0 bridgehead atoms. The van der Waals surface area contributed by atoms with Gasteiger partial charge < -0.3 is 0 Å². The van der Waals surface area contributed by atoms with E-state index in [0.717, 1.165) is 24.0 Å². The summed E-state index contributed by atoms with van der Waals surface area (Å²) < 4.78 is 0. The van der Waals surface area contributed by atoms with Crippen LogP contribution in [0, 0.1) is 0 Å². The van der Waals surface area contributed by atoms with Crippen LogP contribution < -0.4 is 0 Å². The van der Waals surface area contributed by atoms with Crippen molar-refractivity contribution in [3.63, 3.8) is 0 Å². The number of benzene rings is 1. The van der Waals surface area contributed by atoms with E-state index in [0.29, 0.717) is 0 Å². The van der Waals surface area contributed by atoms with Crippen molar-refractivity contribution in [3.8, 4) is 0 Å². The first-order chi connectivity index (χ1) is 7.86. The van der Waals surface area contributed by atoms with Gasteiger partial charge in [-0.3, -0.25) is 4.79 Å². The fourth-order valence-corrected chi connectivity index (χ4v) is 1.64. The molecule has 0 aliphatic heterocycles.